The first-order valence-corrected chi connectivity index (χ1v) is 7.24. The van der Waals surface area contributed by atoms with Crippen LogP contribution in [0, 0.1) is 6.92 Å². The van der Waals surface area contributed by atoms with Crippen LogP contribution in [0.15, 0.2) is 24.3 Å². The van der Waals surface area contributed by atoms with Crippen molar-refractivity contribution in [3.63, 3.8) is 0 Å². The van der Waals surface area contributed by atoms with Crippen molar-refractivity contribution in [1.29, 1.82) is 0 Å². The lowest BCUT2D eigenvalue weighted by molar-refractivity contribution is -0.143. The van der Waals surface area contributed by atoms with Crippen LogP contribution in [0.25, 0.3) is 0 Å². The Morgan fingerprint density at radius 1 is 1.56 bits per heavy atom. The van der Waals surface area contributed by atoms with Gasteiger partial charge in [-0.15, -0.1) is 0 Å². The van der Waals surface area contributed by atoms with Gasteiger partial charge < -0.3 is 10.8 Å². The SMILES string of the molecule is Cc1ccccc1CSC1CCC(N)(C(=O)O)C1. The van der Waals surface area contributed by atoms with E-state index in [-0.39, 0.29) is 0 Å². The Morgan fingerprint density at radius 3 is 2.89 bits per heavy atom. The number of aliphatic carboxylic acids is 1. The highest BCUT2D eigenvalue weighted by atomic mass is 32.2. The summed E-state index contributed by atoms with van der Waals surface area (Å²) in [4.78, 5) is 11.1. The quantitative estimate of drug-likeness (QED) is 0.878. The molecule has 0 spiro atoms. The molecule has 4 heteroatoms. The molecule has 1 aliphatic carbocycles. The van der Waals surface area contributed by atoms with E-state index >= 15 is 0 Å². The standard InChI is InChI=1S/C14H19NO2S/c1-10-4-2-3-5-11(10)9-18-12-6-7-14(15,8-12)13(16)17/h2-5,12H,6-9,15H2,1H3,(H,16,17). The third kappa shape index (κ3) is 2.87. The van der Waals surface area contributed by atoms with E-state index in [1.807, 2.05) is 23.9 Å². The van der Waals surface area contributed by atoms with Crippen molar-refractivity contribution in [2.24, 2.45) is 5.73 Å². The second-order valence-corrected chi connectivity index (χ2v) is 6.35. The summed E-state index contributed by atoms with van der Waals surface area (Å²) in [5, 5.41) is 9.45. The highest BCUT2D eigenvalue weighted by Gasteiger charge is 2.42. The molecule has 1 aromatic rings. The van der Waals surface area contributed by atoms with Gasteiger partial charge in [0.25, 0.3) is 0 Å². The van der Waals surface area contributed by atoms with Crippen molar-refractivity contribution >= 4 is 17.7 Å². The molecule has 0 aliphatic heterocycles. The summed E-state index contributed by atoms with van der Waals surface area (Å²) in [7, 11) is 0. The second-order valence-electron chi connectivity index (χ2n) is 5.06. The minimum absolute atomic E-state index is 0.366. The van der Waals surface area contributed by atoms with Crippen LogP contribution >= 0.6 is 11.8 Å². The minimum Gasteiger partial charge on any atom is -0.480 e. The van der Waals surface area contributed by atoms with Gasteiger partial charge in [-0.3, -0.25) is 4.79 Å². The number of hydrogen-bond donors (Lipinski definition) is 2. The Hall–Kier alpha value is -1.00. The van der Waals surface area contributed by atoms with Gasteiger partial charge in [0, 0.05) is 11.0 Å². The molecule has 3 nitrogen and oxygen atoms in total. The number of nitrogens with two attached hydrogens (primary N) is 1. The summed E-state index contributed by atoms with van der Waals surface area (Å²) < 4.78 is 0. The number of carboxylic acid groups (broad SMARTS) is 1. The number of carboxylic acids is 1. The van der Waals surface area contributed by atoms with Gasteiger partial charge in [-0.05, 0) is 37.3 Å². The summed E-state index contributed by atoms with van der Waals surface area (Å²) in [6.07, 6.45) is 2.08. The van der Waals surface area contributed by atoms with Gasteiger partial charge in [-0.25, -0.2) is 0 Å². The number of aryl methyl sites for hydroxylation is 1. The molecule has 0 aromatic heterocycles. The fourth-order valence-electron chi connectivity index (χ4n) is 2.35. The zero-order valence-corrected chi connectivity index (χ0v) is 11.4. The maximum absolute atomic E-state index is 11.1. The zero-order valence-electron chi connectivity index (χ0n) is 10.6. The predicted octanol–water partition coefficient (Wildman–Crippen LogP) is 2.56. The first-order valence-electron chi connectivity index (χ1n) is 6.20. The number of benzene rings is 1. The molecule has 1 fully saturated rings. The molecule has 18 heavy (non-hydrogen) atoms. The van der Waals surface area contributed by atoms with E-state index in [2.05, 4.69) is 19.1 Å². The third-order valence-electron chi connectivity index (χ3n) is 3.67. The topological polar surface area (TPSA) is 63.3 Å². The third-order valence-corrected chi connectivity index (χ3v) is 5.02. The summed E-state index contributed by atoms with van der Waals surface area (Å²) in [5.41, 5.74) is 7.50. The molecule has 2 unspecified atom stereocenters. The van der Waals surface area contributed by atoms with Crippen LogP contribution in [0.2, 0.25) is 0 Å². The van der Waals surface area contributed by atoms with E-state index in [0.29, 0.717) is 18.1 Å². The van der Waals surface area contributed by atoms with Crippen molar-refractivity contribution < 1.29 is 9.90 Å². The lowest BCUT2D eigenvalue weighted by atomic mass is 10.0. The van der Waals surface area contributed by atoms with Crippen molar-refractivity contribution in [3.05, 3.63) is 35.4 Å². The molecule has 2 atom stereocenters. The molecular formula is C14H19NO2S. The maximum Gasteiger partial charge on any atom is 0.323 e. The molecule has 2 rings (SSSR count). The maximum atomic E-state index is 11.1. The highest BCUT2D eigenvalue weighted by Crippen LogP contribution is 2.37. The number of carbonyl (C=O) groups is 1. The molecule has 0 saturated heterocycles. The van der Waals surface area contributed by atoms with Crippen molar-refractivity contribution in [3.8, 4) is 0 Å². The molecule has 1 aliphatic rings. The molecule has 98 valence electrons. The summed E-state index contributed by atoms with van der Waals surface area (Å²) in [5.74, 6) is 0.0778. The molecule has 0 heterocycles. The van der Waals surface area contributed by atoms with E-state index < -0.39 is 11.5 Å². The lowest BCUT2D eigenvalue weighted by Gasteiger charge is -2.18. The van der Waals surface area contributed by atoms with Crippen molar-refractivity contribution in [2.75, 3.05) is 0 Å². The first kappa shape index (κ1) is 13.4. The minimum atomic E-state index is -0.997. The van der Waals surface area contributed by atoms with Gasteiger partial charge in [0.05, 0.1) is 0 Å². The molecule has 3 N–H and O–H groups in total. The van der Waals surface area contributed by atoms with E-state index in [4.69, 9.17) is 10.8 Å². The molecule has 1 aromatic carbocycles. The van der Waals surface area contributed by atoms with E-state index in [0.717, 1.165) is 12.2 Å². The summed E-state index contributed by atoms with van der Waals surface area (Å²) >= 11 is 1.83. The Morgan fingerprint density at radius 2 is 2.28 bits per heavy atom. The van der Waals surface area contributed by atoms with E-state index in [9.17, 15) is 4.79 Å². The van der Waals surface area contributed by atoms with Crippen LogP contribution in [0.4, 0.5) is 0 Å². The fourth-order valence-corrected chi connectivity index (χ4v) is 3.78. The monoisotopic (exact) mass is 265 g/mol. The van der Waals surface area contributed by atoms with Crippen LogP contribution in [-0.4, -0.2) is 21.9 Å². The molecule has 0 amide bonds. The average Bonchev–Trinajstić information content (AvgIpc) is 2.72. The largest absolute Gasteiger partial charge is 0.480 e. The number of hydrogen-bond acceptors (Lipinski definition) is 3. The van der Waals surface area contributed by atoms with Crippen LogP contribution in [0.3, 0.4) is 0 Å². The van der Waals surface area contributed by atoms with Gasteiger partial charge in [-0.1, -0.05) is 24.3 Å². The Balaban J connectivity index is 1.90. The molecule has 0 radical (unpaired) electrons. The Bertz CT molecular complexity index is 449. The average molecular weight is 265 g/mol. The lowest BCUT2D eigenvalue weighted by Crippen LogP contribution is -2.45. The highest BCUT2D eigenvalue weighted by molar-refractivity contribution is 7.99. The molecule has 1 saturated carbocycles. The first-order chi connectivity index (χ1) is 8.51. The van der Waals surface area contributed by atoms with E-state index in [1.165, 1.54) is 11.1 Å². The van der Waals surface area contributed by atoms with Crippen LogP contribution < -0.4 is 5.73 Å². The van der Waals surface area contributed by atoms with Crippen LogP contribution in [0.1, 0.15) is 30.4 Å². The number of rotatable bonds is 4. The Kier molecular flexibility index (Phi) is 3.97. The summed E-state index contributed by atoms with van der Waals surface area (Å²) in [6, 6.07) is 8.32. The summed E-state index contributed by atoms with van der Waals surface area (Å²) in [6.45, 7) is 2.11. The smallest absolute Gasteiger partial charge is 0.323 e. The van der Waals surface area contributed by atoms with E-state index in [1.54, 1.807) is 0 Å². The van der Waals surface area contributed by atoms with Crippen molar-refractivity contribution in [1.82, 2.24) is 0 Å². The zero-order chi connectivity index (χ0) is 13.2. The van der Waals surface area contributed by atoms with Crippen LogP contribution in [-0.2, 0) is 10.5 Å². The fraction of sp³-hybridized carbons (Fsp3) is 0.500. The Labute approximate surface area is 112 Å². The normalized spacial score (nSPS) is 27.3. The number of thioether (sulfide) groups is 1. The van der Waals surface area contributed by atoms with Gasteiger partial charge in [0.2, 0.25) is 0 Å². The van der Waals surface area contributed by atoms with Crippen LogP contribution in [0.5, 0.6) is 0 Å². The molecular weight excluding hydrogens is 246 g/mol. The predicted molar refractivity (Wildman–Crippen MR) is 74.7 cm³/mol. The molecule has 0 bridgehead atoms. The van der Waals surface area contributed by atoms with Crippen molar-refractivity contribution in [2.45, 2.75) is 42.7 Å². The van der Waals surface area contributed by atoms with Gasteiger partial charge >= 0.3 is 5.97 Å². The van der Waals surface area contributed by atoms with Gasteiger partial charge in [0.15, 0.2) is 0 Å². The van der Waals surface area contributed by atoms with Gasteiger partial charge in [-0.2, -0.15) is 11.8 Å². The van der Waals surface area contributed by atoms with Gasteiger partial charge in [0.1, 0.15) is 5.54 Å². The second kappa shape index (κ2) is 5.33.